The third-order valence-corrected chi connectivity index (χ3v) is 3.80. The van der Waals surface area contributed by atoms with E-state index in [2.05, 4.69) is 16.0 Å². The average Bonchev–Trinajstić information content (AvgIpc) is 2.66. The van der Waals surface area contributed by atoms with E-state index in [9.17, 15) is 14.4 Å². The molecular formula is C20H23N3O3. The number of carbonyl (C=O) groups is 3. The third kappa shape index (κ3) is 6.05. The first kappa shape index (κ1) is 19.2. The molecule has 0 bridgehead atoms. The number of aryl methyl sites for hydroxylation is 1. The number of rotatable bonds is 8. The first-order chi connectivity index (χ1) is 12.6. The molecule has 2 rings (SSSR count). The van der Waals surface area contributed by atoms with Gasteiger partial charge >= 0.3 is 0 Å². The van der Waals surface area contributed by atoms with Crippen molar-refractivity contribution in [2.75, 3.05) is 19.6 Å². The van der Waals surface area contributed by atoms with Crippen LogP contribution in [0.3, 0.4) is 0 Å². The molecule has 6 nitrogen and oxygen atoms in total. The van der Waals surface area contributed by atoms with Gasteiger partial charge in [0.15, 0.2) is 0 Å². The van der Waals surface area contributed by atoms with Crippen molar-refractivity contribution in [1.29, 1.82) is 0 Å². The number of hydrogen-bond acceptors (Lipinski definition) is 3. The second kappa shape index (κ2) is 9.98. The summed E-state index contributed by atoms with van der Waals surface area (Å²) in [5.41, 5.74) is 2.08. The van der Waals surface area contributed by atoms with E-state index in [1.807, 2.05) is 25.1 Å². The van der Waals surface area contributed by atoms with Gasteiger partial charge in [-0.05, 0) is 30.7 Å². The zero-order valence-electron chi connectivity index (χ0n) is 14.7. The third-order valence-electron chi connectivity index (χ3n) is 3.80. The predicted octanol–water partition coefficient (Wildman–Crippen LogP) is 1.66. The molecular weight excluding hydrogens is 330 g/mol. The Morgan fingerprint density at radius 3 is 2.08 bits per heavy atom. The summed E-state index contributed by atoms with van der Waals surface area (Å²) in [6.07, 6.45) is 0.185. The zero-order valence-corrected chi connectivity index (χ0v) is 14.7. The molecule has 26 heavy (non-hydrogen) atoms. The van der Waals surface area contributed by atoms with Crippen LogP contribution in [0.1, 0.15) is 32.7 Å². The maximum absolute atomic E-state index is 12.0. The fourth-order valence-corrected chi connectivity index (χ4v) is 2.37. The van der Waals surface area contributed by atoms with Gasteiger partial charge in [0.05, 0.1) is 0 Å². The van der Waals surface area contributed by atoms with Gasteiger partial charge in [-0.3, -0.25) is 14.4 Å². The molecule has 0 aromatic heterocycles. The summed E-state index contributed by atoms with van der Waals surface area (Å²) >= 11 is 0. The normalized spacial score (nSPS) is 10.0. The molecule has 6 heteroatoms. The summed E-state index contributed by atoms with van der Waals surface area (Å²) < 4.78 is 0. The van der Waals surface area contributed by atoms with Crippen LogP contribution in [0.2, 0.25) is 0 Å². The quantitative estimate of drug-likeness (QED) is 0.631. The Morgan fingerprint density at radius 2 is 1.35 bits per heavy atom. The lowest BCUT2D eigenvalue weighted by Gasteiger charge is -2.09. The van der Waals surface area contributed by atoms with Crippen LogP contribution in [0.25, 0.3) is 0 Å². The maximum atomic E-state index is 12.0. The van der Waals surface area contributed by atoms with Crippen LogP contribution in [0.15, 0.2) is 54.6 Å². The first-order valence-electron chi connectivity index (χ1n) is 8.51. The minimum absolute atomic E-state index is 0.176. The first-order valence-corrected chi connectivity index (χ1v) is 8.51. The van der Waals surface area contributed by atoms with Crippen molar-refractivity contribution in [2.24, 2.45) is 0 Å². The molecule has 0 aliphatic rings. The van der Waals surface area contributed by atoms with Crippen LogP contribution in [0, 0.1) is 6.92 Å². The lowest BCUT2D eigenvalue weighted by Crippen LogP contribution is -2.36. The van der Waals surface area contributed by atoms with Crippen molar-refractivity contribution in [3.63, 3.8) is 0 Å². The average molecular weight is 353 g/mol. The molecule has 0 atom stereocenters. The zero-order chi connectivity index (χ0) is 18.8. The molecule has 3 amide bonds. The van der Waals surface area contributed by atoms with Gasteiger partial charge in [-0.1, -0.05) is 36.4 Å². The van der Waals surface area contributed by atoms with E-state index in [-0.39, 0.29) is 30.7 Å². The second-order valence-corrected chi connectivity index (χ2v) is 5.79. The molecule has 0 fully saturated rings. The number of nitrogens with one attached hydrogen (secondary N) is 3. The number of hydrogen-bond donors (Lipinski definition) is 3. The number of benzene rings is 2. The standard InChI is InChI=1S/C20H23N3O3/c1-15-7-5-6-10-17(15)20(26)22-12-11-18(24)21-13-14-23-19(25)16-8-3-2-4-9-16/h2-10H,11-14H2,1H3,(H,21,24)(H,22,26)(H,23,25). The molecule has 136 valence electrons. The van der Waals surface area contributed by atoms with E-state index in [4.69, 9.17) is 0 Å². The van der Waals surface area contributed by atoms with Crippen LogP contribution in [0.4, 0.5) is 0 Å². The minimum atomic E-state index is -0.189. The Balaban J connectivity index is 1.60. The smallest absolute Gasteiger partial charge is 0.251 e. The molecule has 0 unspecified atom stereocenters. The molecule has 0 aliphatic heterocycles. The lowest BCUT2D eigenvalue weighted by atomic mass is 10.1. The van der Waals surface area contributed by atoms with E-state index in [0.29, 0.717) is 24.2 Å². The van der Waals surface area contributed by atoms with Gasteiger partial charge in [-0.25, -0.2) is 0 Å². The Labute approximate surface area is 153 Å². The van der Waals surface area contributed by atoms with Crippen molar-refractivity contribution in [3.8, 4) is 0 Å². The largest absolute Gasteiger partial charge is 0.354 e. The van der Waals surface area contributed by atoms with Gasteiger partial charge < -0.3 is 16.0 Å². The van der Waals surface area contributed by atoms with Gasteiger partial charge in [-0.2, -0.15) is 0 Å². The summed E-state index contributed by atoms with van der Waals surface area (Å²) in [7, 11) is 0. The van der Waals surface area contributed by atoms with Crippen molar-refractivity contribution < 1.29 is 14.4 Å². The topological polar surface area (TPSA) is 87.3 Å². The molecule has 0 saturated carbocycles. The number of amides is 3. The predicted molar refractivity (Wildman–Crippen MR) is 99.9 cm³/mol. The Bertz CT molecular complexity index is 760. The van der Waals surface area contributed by atoms with Crippen LogP contribution >= 0.6 is 0 Å². The van der Waals surface area contributed by atoms with Crippen molar-refractivity contribution in [2.45, 2.75) is 13.3 Å². The monoisotopic (exact) mass is 353 g/mol. The van der Waals surface area contributed by atoms with Gasteiger partial charge in [0, 0.05) is 37.2 Å². The Hall–Kier alpha value is -3.15. The summed E-state index contributed by atoms with van der Waals surface area (Å²) in [4.78, 5) is 35.6. The minimum Gasteiger partial charge on any atom is -0.354 e. The fraction of sp³-hybridized carbons (Fsp3) is 0.250. The van der Waals surface area contributed by atoms with Crippen LogP contribution < -0.4 is 16.0 Å². The van der Waals surface area contributed by atoms with E-state index in [1.54, 1.807) is 36.4 Å². The van der Waals surface area contributed by atoms with E-state index in [0.717, 1.165) is 5.56 Å². The van der Waals surface area contributed by atoms with E-state index >= 15 is 0 Å². The molecule has 0 spiro atoms. The number of carbonyl (C=O) groups excluding carboxylic acids is 3. The lowest BCUT2D eigenvalue weighted by molar-refractivity contribution is -0.120. The van der Waals surface area contributed by atoms with E-state index < -0.39 is 0 Å². The molecule has 0 aliphatic carbocycles. The Kier molecular flexibility index (Phi) is 7.36. The summed E-state index contributed by atoms with van der Waals surface area (Å²) in [6, 6.07) is 16.2. The maximum Gasteiger partial charge on any atom is 0.251 e. The highest BCUT2D eigenvalue weighted by molar-refractivity contribution is 5.96. The van der Waals surface area contributed by atoms with Crippen LogP contribution in [0.5, 0.6) is 0 Å². The molecule has 2 aromatic carbocycles. The highest BCUT2D eigenvalue weighted by Gasteiger charge is 2.08. The van der Waals surface area contributed by atoms with E-state index in [1.165, 1.54) is 0 Å². The van der Waals surface area contributed by atoms with Crippen LogP contribution in [-0.2, 0) is 4.79 Å². The van der Waals surface area contributed by atoms with Gasteiger partial charge in [0.1, 0.15) is 0 Å². The molecule has 3 N–H and O–H groups in total. The van der Waals surface area contributed by atoms with Crippen molar-refractivity contribution in [1.82, 2.24) is 16.0 Å². The summed E-state index contributed by atoms with van der Waals surface area (Å²) in [5.74, 6) is -0.541. The highest BCUT2D eigenvalue weighted by atomic mass is 16.2. The van der Waals surface area contributed by atoms with Gasteiger partial charge in [0.25, 0.3) is 11.8 Å². The summed E-state index contributed by atoms with van der Waals surface area (Å²) in [6.45, 7) is 2.80. The molecule has 0 heterocycles. The highest BCUT2D eigenvalue weighted by Crippen LogP contribution is 2.06. The SMILES string of the molecule is Cc1ccccc1C(=O)NCCC(=O)NCCNC(=O)c1ccccc1. The molecule has 0 saturated heterocycles. The molecule has 2 aromatic rings. The summed E-state index contributed by atoms with van der Waals surface area (Å²) in [5, 5.41) is 8.17. The second-order valence-electron chi connectivity index (χ2n) is 5.79. The fourth-order valence-electron chi connectivity index (χ4n) is 2.37. The van der Waals surface area contributed by atoms with Crippen molar-refractivity contribution >= 4 is 17.7 Å². The Morgan fingerprint density at radius 1 is 0.731 bits per heavy atom. The van der Waals surface area contributed by atoms with Crippen molar-refractivity contribution in [3.05, 3.63) is 71.3 Å². The molecule has 0 radical (unpaired) electrons. The van der Waals surface area contributed by atoms with Gasteiger partial charge in [0.2, 0.25) is 5.91 Å². The van der Waals surface area contributed by atoms with Gasteiger partial charge in [-0.15, -0.1) is 0 Å². The van der Waals surface area contributed by atoms with Crippen LogP contribution in [-0.4, -0.2) is 37.4 Å².